The summed E-state index contributed by atoms with van der Waals surface area (Å²) in [5.41, 5.74) is 0. The zero-order valence-electron chi connectivity index (χ0n) is 5.52. The molecule has 0 aromatic rings. The number of ether oxygens (including phenoxy) is 1. The van der Waals surface area contributed by atoms with Crippen molar-refractivity contribution in [2.75, 3.05) is 0 Å². The van der Waals surface area contributed by atoms with Crippen LogP contribution in [0.25, 0.3) is 0 Å². The highest BCUT2D eigenvalue weighted by Gasteiger charge is 2.07. The van der Waals surface area contributed by atoms with Crippen LogP contribution in [-0.2, 0) is 4.74 Å². The average Bonchev–Trinajstić information content (AvgIpc) is 2.17. The van der Waals surface area contributed by atoms with Crippen molar-refractivity contribution in [1.82, 2.24) is 0 Å². The minimum Gasteiger partial charge on any atom is -0.455 e. The molecule has 1 aliphatic rings. The molecule has 0 aromatic heterocycles. The lowest BCUT2D eigenvalue weighted by molar-refractivity contribution is 0.330. The van der Waals surface area contributed by atoms with Gasteiger partial charge in [0.15, 0.2) is 5.09 Å². The van der Waals surface area contributed by atoms with Gasteiger partial charge in [-0.05, 0) is 13.0 Å². The summed E-state index contributed by atoms with van der Waals surface area (Å²) in [6, 6.07) is 0. The molecule has 0 saturated heterocycles. The molecule has 0 radical (unpaired) electrons. The second-order valence-electron chi connectivity index (χ2n) is 1.93. The summed E-state index contributed by atoms with van der Waals surface area (Å²) in [6.45, 7) is 5.81. The Morgan fingerprint density at radius 1 is 1.78 bits per heavy atom. The fraction of sp³-hybridized carbons (Fsp3) is 0.429. The van der Waals surface area contributed by atoms with Crippen molar-refractivity contribution in [2.24, 2.45) is 0 Å². The first-order valence-corrected chi connectivity index (χ1v) is 3.93. The molecule has 1 nitrogen and oxygen atoms in total. The normalized spacial score (nSPS) is 17.4. The molecule has 0 aromatic carbocycles. The standard InChI is InChI=1S/C7H10OS/c1-3-4-7-5-9-6(2)8-7/h5H,2-4H2,1H3. The average molecular weight is 142 g/mol. The summed E-state index contributed by atoms with van der Waals surface area (Å²) in [7, 11) is 0. The zero-order chi connectivity index (χ0) is 6.69. The van der Waals surface area contributed by atoms with Gasteiger partial charge in [0.1, 0.15) is 5.76 Å². The number of hydrogen-bond acceptors (Lipinski definition) is 2. The van der Waals surface area contributed by atoms with Gasteiger partial charge in [0.2, 0.25) is 0 Å². The zero-order valence-corrected chi connectivity index (χ0v) is 6.33. The third-order valence-electron chi connectivity index (χ3n) is 1.06. The lowest BCUT2D eigenvalue weighted by atomic mass is 10.3. The summed E-state index contributed by atoms with van der Waals surface area (Å²) in [5.74, 6) is 1.06. The van der Waals surface area contributed by atoms with Gasteiger partial charge >= 0.3 is 0 Å². The summed E-state index contributed by atoms with van der Waals surface area (Å²) < 4.78 is 5.23. The fourth-order valence-corrected chi connectivity index (χ4v) is 1.27. The van der Waals surface area contributed by atoms with E-state index in [1.807, 2.05) is 5.41 Å². The first-order valence-electron chi connectivity index (χ1n) is 3.05. The molecular formula is C7H10OS. The van der Waals surface area contributed by atoms with E-state index in [9.17, 15) is 0 Å². The summed E-state index contributed by atoms with van der Waals surface area (Å²) >= 11 is 1.57. The van der Waals surface area contributed by atoms with E-state index in [2.05, 4.69) is 13.5 Å². The SMILES string of the molecule is C=C1OC(CCC)=CS1. The molecule has 1 heterocycles. The molecule has 0 saturated carbocycles. The molecular weight excluding hydrogens is 132 g/mol. The van der Waals surface area contributed by atoms with Gasteiger partial charge in [-0.2, -0.15) is 0 Å². The van der Waals surface area contributed by atoms with Crippen molar-refractivity contribution in [1.29, 1.82) is 0 Å². The lowest BCUT2D eigenvalue weighted by Crippen LogP contribution is -1.80. The first-order chi connectivity index (χ1) is 4.33. The largest absolute Gasteiger partial charge is 0.455 e. The molecule has 0 unspecified atom stereocenters. The van der Waals surface area contributed by atoms with Crippen LogP contribution in [0.2, 0.25) is 0 Å². The van der Waals surface area contributed by atoms with Crippen molar-refractivity contribution in [3.63, 3.8) is 0 Å². The Balaban J connectivity index is 2.36. The van der Waals surface area contributed by atoms with E-state index in [1.54, 1.807) is 11.8 Å². The van der Waals surface area contributed by atoms with E-state index in [4.69, 9.17) is 4.74 Å². The van der Waals surface area contributed by atoms with Crippen LogP contribution in [0.1, 0.15) is 19.8 Å². The van der Waals surface area contributed by atoms with E-state index in [1.165, 1.54) is 0 Å². The highest BCUT2D eigenvalue weighted by Crippen LogP contribution is 2.30. The number of allylic oxidation sites excluding steroid dienone is 1. The Morgan fingerprint density at radius 2 is 2.56 bits per heavy atom. The topological polar surface area (TPSA) is 9.23 Å². The molecule has 50 valence electrons. The van der Waals surface area contributed by atoms with E-state index in [0.29, 0.717) is 0 Å². The van der Waals surface area contributed by atoms with Crippen LogP contribution < -0.4 is 0 Å². The molecule has 1 rings (SSSR count). The first kappa shape index (κ1) is 6.75. The molecule has 0 bridgehead atoms. The summed E-state index contributed by atoms with van der Waals surface area (Å²) in [5, 5.41) is 2.82. The van der Waals surface area contributed by atoms with E-state index in [-0.39, 0.29) is 0 Å². The van der Waals surface area contributed by atoms with E-state index in [0.717, 1.165) is 23.7 Å². The molecule has 0 aliphatic carbocycles. The Kier molecular flexibility index (Phi) is 2.22. The van der Waals surface area contributed by atoms with Crippen molar-refractivity contribution < 1.29 is 4.74 Å². The van der Waals surface area contributed by atoms with Crippen LogP contribution in [0.5, 0.6) is 0 Å². The predicted molar refractivity (Wildman–Crippen MR) is 40.8 cm³/mol. The van der Waals surface area contributed by atoms with Crippen LogP contribution in [0, 0.1) is 0 Å². The van der Waals surface area contributed by atoms with Gasteiger partial charge in [-0.3, -0.25) is 0 Å². The summed E-state index contributed by atoms with van der Waals surface area (Å²) in [6.07, 6.45) is 2.17. The van der Waals surface area contributed by atoms with Gasteiger partial charge < -0.3 is 4.74 Å². The fourth-order valence-electron chi connectivity index (χ4n) is 0.682. The Bertz CT molecular complexity index is 149. The van der Waals surface area contributed by atoms with Gasteiger partial charge in [-0.25, -0.2) is 0 Å². The number of rotatable bonds is 2. The Morgan fingerprint density at radius 3 is 3.00 bits per heavy atom. The predicted octanol–water partition coefficient (Wildman–Crippen LogP) is 2.86. The summed E-state index contributed by atoms with van der Waals surface area (Å²) in [4.78, 5) is 0. The Hall–Kier alpha value is -0.370. The molecule has 0 fully saturated rings. The maximum Gasteiger partial charge on any atom is 0.157 e. The second-order valence-corrected chi connectivity index (χ2v) is 2.85. The Labute approximate surface area is 59.8 Å². The van der Waals surface area contributed by atoms with Crippen LogP contribution in [-0.4, -0.2) is 0 Å². The second kappa shape index (κ2) is 2.97. The van der Waals surface area contributed by atoms with Gasteiger partial charge in [-0.1, -0.05) is 18.7 Å². The minimum absolute atomic E-state index is 0.804. The van der Waals surface area contributed by atoms with E-state index >= 15 is 0 Å². The molecule has 0 atom stereocenters. The molecule has 0 spiro atoms. The molecule has 1 aliphatic heterocycles. The minimum atomic E-state index is 0.804. The third kappa shape index (κ3) is 1.79. The van der Waals surface area contributed by atoms with Gasteiger partial charge in [-0.15, -0.1) is 0 Å². The van der Waals surface area contributed by atoms with Gasteiger partial charge in [0.25, 0.3) is 0 Å². The number of hydrogen-bond donors (Lipinski definition) is 0. The molecule has 0 amide bonds. The molecule has 0 N–H and O–H groups in total. The smallest absolute Gasteiger partial charge is 0.157 e. The molecule has 9 heavy (non-hydrogen) atoms. The lowest BCUT2D eigenvalue weighted by Gasteiger charge is -1.98. The quantitative estimate of drug-likeness (QED) is 0.586. The third-order valence-corrected chi connectivity index (χ3v) is 1.79. The van der Waals surface area contributed by atoms with Crippen LogP contribution in [0.15, 0.2) is 22.8 Å². The van der Waals surface area contributed by atoms with Crippen molar-refractivity contribution in [3.05, 3.63) is 22.8 Å². The number of thioether (sulfide) groups is 1. The van der Waals surface area contributed by atoms with Gasteiger partial charge in [0.05, 0.1) is 0 Å². The highest BCUT2D eigenvalue weighted by molar-refractivity contribution is 8.05. The van der Waals surface area contributed by atoms with Crippen molar-refractivity contribution >= 4 is 11.8 Å². The maximum absolute atomic E-state index is 5.23. The highest BCUT2D eigenvalue weighted by atomic mass is 32.2. The van der Waals surface area contributed by atoms with E-state index < -0.39 is 0 Å². The van der Waals surface area contributed by atoms with Crippen molar-refractivity contribution in [2.45, 2.75) is 19.8 Å². The monoisotopic (exact) mass is 142 g/mol. The maximum atomic E-state index is 5.23. The van der Waals surface area contributed by atoms with Crippen LogP contribution in [0.4, 0.5) is 0 Å². The van der Waals surface area contributed by atoms with Gasteiger partial charge in [0, 0.05) is 11.8 Å². The van der Waals surface area contributed by atoms with Crippen LogP contribution in [0.3, 0.4) is 0 Å². The van der Waals surface area contributed by atoms with Crippen molar-refractivity contribution in [3.8, 4) is 0 Å². The van der Waals surface area contributed by atoms with Crippen LogP contribution >= 0.6 is 11.8 Å². The molecule has 2 heteroatoms.